The lowest BCUT2D eigenvalue weighted by atomic mass is 9.99. The quantitative estimate of drug-likeness (QED) is 0.302. The lowest BCUT2D eigenvalue weighted by Gasteiger charge is -2.39. The number of aliphatic hydroxyl groups excluding tert-OH is 4. The van der Waals surface area contributed by atoms with Crippen molar-refractivity contribution in [2.45, 2.75) is 30.7 Å². The summed E-state index contributed by atoms with van der Waals surface area (Å²) < 4.78 is 21.9. The summed E-state index contributed by atoms with van der Waals surface area (Å²) in [6, 6.07) is 8.40. The predicted octanol–water partition coefficient (Wildman–Crippen LogP) is 0.0585. The van der Waals surface area contributed by atoms with Crippen molar-refractivity contribution in [1.82, 2.24) is 0 Å². The molecule has 1 aliphatic rings. The fourth-order valence-electron chi connectivity index (χ4n) is 3.59. The van der Waals surface area contributed by atoms with Crippen LogP contribution in [0.2, 0.25) is 0 Å². The van der Waals surface area contributed by atoms with Gasteiger partial charge in [-0.25, -0.2) is 0 Å². The summed E-state index contributed by atoms with van der Waals surface area (Å²) >= 11 is 0. The van der Waals surface area contributed by atoms with Gasteiger partial charge in [0, 0.05) is 17.7 Å². The zero-order chi connectivity index (χ0) is 23.9. The lowest BCUT2D eigenvalue weighted by Crippen LogP contribution is -2.60. The highest BCUT2D eigenvalue weighted by Gasteiger charge is 2.45. The first kappa shape index (κ1) is 22.8. The summed E-state index contributed by atoms with van der Waals surface area (Å²) in [5.41, 5.74) is -0.641. The molecule has 0 bridgehead atoms. The van der Waals surface area contributed by atoms with Gasteiger partial charge in [-0.15, -0.1) is 0 Å². The molecule has 11 nitrogen and oxygen atoms in total. The Morgan fingerprint density at radius 3 is 2.33 bits per heavy atom. The minimum atomic E-state index is -1.78. The van der Waals surface area contributed by atoms with Crippen LogP contribution >= 0.6 is 0 Å². The average molecular weight is 462 g/mol. The van der Waals surface area contributed by atoms with Crippen molar-refractivity contribution >= 4 is 11.0 Å². The Balaban J connectivity index is 1.88. The maximum atomic E-state index is 13.3. The summed E-state index contributed by atoms with van der Waals surface area (Å²) in [5, 5.41) is 59.5. The molecule has 3 aromatic rings. The minimum Gasteiger partial charge on any atom is -0.508 e. The number of hydrogen-bond acceptors (Lipinski definition) is 11. The molecule has 11 heteroatoms. The summed E-state index contributed by atoms with van der Waals surface area (Å²) in [6.45, 7) is -0.692. The van der Waals surface area contributed by atoms with E-state index in [2.05, 4.69) is 0 Å². The van der Waals surface area contributed by atoms with Crippen molar-refractivity contribution in [2.24, 2.45) is 0 Å². The maximum absolute atomic E-state index is 13.3. The lowest BCUT2D eigenvalue weighted by molar-refractivity contribution is -0.277. The highest BCUT2D eigenvalue weighted by molar-refractivity contribution is 5.88. The highest BCUT2D eigenvalue weighted by Crippen LogP contribution is 2.37. The van der Waals surface area contributed by atoms with E-state index in [1.54, 1.807) is 24.3 Å². The normalized spacial score (nSPS) is 25.2. The van der Waals surface area contributed by atoms with Crippen molar-refractivity contribution < 1.29 is 49.3 Å². The van der Waals surface area contributed by atoms with Crippen LogP contribution in [-0.2, 0) is 4.74 Å². The molecule has 1 aliphatic heterocycles. The molecule has 6 N–H and O–H groups in total. The van der Waals surface area contributed by atoms with Gasteiger partial charge in [0.1, 0.15) is 52.6 Å². The summed E-state index contributed by atoms with van der Waals surface area (Å²) in [5.74, 6) is -0.992. The maximum Gasteiger partial charge on any atom is 0.239 e. The van der Waals surface area contributed by atoms with Crippen molar-refractivity contribution in [1.29, 1.82) is 0 Å². The molecule has 0 amide bonds. The molecular weight excluding hydrogens is 440 g/mol. The zero-order valence-corrected chi connectivity index (χ0v) is 17.3. The van der Waals surface area contributed by atoms with Crippen LogP contribution in [0, 0.1) is 0 Å². The van der Waals surface area contributed by atoms with E-state index in [-0.39, 0.29) is 22.5 Å². The number of phenolic OH excluding ortho intramolecular Hbond substituents is 2. The molecule has 1 fully saturated rings. The second-order valence-electron chi connectivity index (χ2n) is 7.47. The van der Waals surface area contributed by atoms with Crippen molar-refractivity contribution in [3.05, 3.63) is 46.6 Å². The van der Waals surface area contributed by atoms with E-state index in [1.165, 1.54) is 7.11 Å². The molecule has 5 atom stereocenters. The summed E-state index contributed by atoms with van der Waals surface area (Å²) in [6.07, 6.45) is -8.07. The largest absolute Gasteiger partial charge is 0.508 e. The van der Waals surface area contributed by atoms with Crippen molar-refractivity contribution in [3.8, 4) is 34.3 Å². The Bertz CT molecular complexity index is 1200. The second-order valence-corrected chi connectivity index (χ2v) is 7.47. The van der Waals surface area contributed by atoms with Crippen LogP contribution in [-0.4, -0.2) is 75.1 Å². The van der Waals surface area contributed by atoms with Gasteiger partial charge in [-0.1, -0.05) is 0 Å². The Kier molecular flexibility index (Phi) is 6.15. The third-order valence-electron chi connectivity index (χ3n) is 5.35. The number of fused-ring (bicyclic) bond motifs is 1. The average Bonchev–Trinajstić information content (AvgIpc) is 2.80. The first-order valence-electron chi connectivity index (χ1n) is 9.89. The Morgan fingerprint density at radius 2 is 1.70 bits per heavy atom. The van der Waals surface area contributed by atoms with Gasteiger partial charge in [-0.3, -0.25) is 4.79 Å². The Hall–Kier alpha value is -3.35. The van der Waals surface area contributed by atoms with E-state index in [0.717, 1.165) is 12.1 Å². The standard InChI is InChI=1S/C22H22O11/c1-30-11-4-2-9(3-5-11)20-21(17(27)15-12(25)6-10(24)7-13(15)31-20)33-22-19(29)18(28)16(26)14(8-23)32-22/h2-7,14,16,18-19,22-26,28-29H,8H2,1H3/t14-,16+,18+,19-,22+/m1/s1. The highest BCUT2D eigenvalue weighted by atomic mass is 16.7. The molecule has 0 radical (unpaired) electrons. The number of ether oxygens (including phenoxy) is 3. The number of phenols is 2. The van der Waals surface area contributed by atoms with Gasteiger partial charge in [0.15, 0.2) is 5.76 Å². The van der Waals surface area contributed by atoms with Crippen LogP contribution in [0.3, 0.4) is 0 Å². The van der Waals surface area contributed by atoms with E-state index in [1.807, 2.05) is 0 Å². The second kappa shape index (κ2) is 8.89. The first-order chi connectivity index (χ1) is 15.7. The van der Waals surface area contributed by atoms with Gasteiger partial charge >= 0.3 is 0 Å². The molecule has 2 heterocycles. The van der Waals surface area contributed by atoms with E-state index < -0.39 is 54.2 Å². The van der Waals surface area contributed by atoms with Crippen LogP contribution in [0.4, 0.5) is 0 Å². The Labute approximate surface area is 186 Å². The fourth-order valence-corrected chi connectivity index (χ4v) is 3.59. The van der Waals surface area contributed by atoms with E-state index in [9.17, 15) is 35.4 Å². The minimum absolute atomic E-state index is 0.128. The molecule has 33 heavy (non-hydrogen) atoms. The third kappa shape index (κ3) is 4.08. The molecule has 0 saturated carbocycles. The topological polar surface area (TPSA) is 179 Å². The van der Waals surface area contributed by atoms with Crippen LogP contribution in [0.5, 0.6) is 23.0 Å². The molecule has 0 unspecified atom stereocenters. The molecule has 1 aromatic heterocycles. The van der Waals surface area contributed by atoms with Gasteiger partial charge in [-0.05, 0) is 24.3 Å². The SMILES string of the molecule is COc1ccc(-c2oc3cc(O)cc(O)c3c(=O)c2O[C@@H]2O[C@H](CO)[C@H](O)[C@H](O)[C@H]2O)cc1. The molecule has 1 saturated heterocycles. The van der Waals surface area contributed by atoms with Gasteiger partial charge in [-0.2, -0.15) is 0 Å². The first-order valence-corrected chi connectivity index (χ1v) is 9.89. The number of methoxy groups -OCH3 is 1. The molecule has 176 valence electrons. The van der Waals surface area contributed by atoms with Crippen molar-refractivity contribution in [3.63, 3.8) is 0 Å². The summed E-state index contributed by atoms with van der Waals surface area (Å²) in [4.78, 5) is 13.3. The number of rotatable bonds is 5. The van der Waals surface area contributed by atoms with E-state index >= 15 is 0 Å². The number of hydrogen-bond donors (Lipinski definition) is 6. The van der Waals surface area contributed by atoms with E-state index in [4.69, 9.17) is 18.6 Å². The number of aliphatic hydroxyl groups is 4. The van der Waals surface area contributed by atoms with E-state index in [0.29, 0.717) is 11.3 Å². The molecule has 2 aromatic carbocycles. The summed E-state index contributed by atoms with van der Waals surface area (Å²) in [7, 11) is 1.48. The molecular formula is C22H22O11. The van der Waals surface area contributed by atoms with Gasteiger partial charge in [0.25, 0.3) is 0 Å². The molecule has 0 spiro atoms. The van der Waals surface area contributed by atoms with Crippen molar-refractivity contribution in [2.75, 3.05) is 13.7 Å². The van der Waals surface area contributed by atoms with Crippen LogP contribution in [0.1, 0.15) is 0 Å². The van der Waals surface area contributed by atoms with Gasteiger partial charge in [0.2, 0.25) is 17.5 Å². The number of benzene rings is 2. The van der Waals surface area contributed by atoms with Gasteiger partial charge < -0.3 is 49.3 Å². The van der Waals surface area contributed by atoms with Crippen LogP contribution in [0.25, 0.3) is 22.3 Å². The third-order valence-corrected chi connectivity index (χ3v) is 5.35. The van der Waals surface area contributed by atoms with Gasteiger partial charge in [0.05, 0.1) is 13.7 Å². The predicted molar refractivity (Wildman–Crippen MR) is 112 cm³/mol. The van der Waals surface area contributed by atoms with Crippen LogP contribution < -0.4 is 14.9 Å². The number of aromatic hydroxyl groups is 2. The smallest absolute Gasteiger partial charge is 0.239 e. The monoisotopic (exact) mass is 462 g/mol. The van der Waals surface area contributed by atoms with Crippen LogP contribution in [0.15, 0.2) is 45.6 Å². The molecule has 4 rings (SSSR count). The fraction of sp³-hybridized carbons (Fsp3) is 0.318. The molecule has 0 aliphatic carbocycles. The Morgan fingerprint density at radius 1 is 1.00 bits per heavy atom. The zero-order valence-electron chi connectivity index (χ0n) is 17.3.